The van der Waals surface area contributed by atoms with E-state index in [9.17, 15) is 9.59 Å². The predicted molar refractivity (Wildman–Crippen MR) is 117 cm³/mol. The van der Waals surface area contributed by atoms with Crippen molar-refractivity contribution in [1.82, 2.24) is 25.0 Å². The van der Waals surface area contributed by atoms with E-state index < -0.39 is 0 Å². The molecule has 2 aromatic rings. The Morgan fingerprint density at radius 1 is 0.968 bits per heavy atom. The van der Waals surface area contributed by atoms with Crippen LogP contribution in [0.15, 0.2) is 30.3 Å². The highest BCUT2D eigenvalue weighted by Crippen LogP contribution is 2.41. The summed E-state index contributed by atoms with van der Waals surface area (Å²) in [4.78, 5) is 27.8. The first-order valence-corrected chi connectivity index (χ1v) is 11.7. The molecule has 7 heteroatoms. The van der Waals surface area contributed by atoms with Crippen molar-refractivity contribution in [2.75, 3.05) is 13.1 Å². The SMILES string of the molecule is O=C(NC1CCCCC1)c1nnc2n1CCC1(CC2)CCN(C(=O)c2ccccc2)C1. The quantitative estimate of drug-likeness (QED) is 0.825. The molecule has 1 saturated carbocycles. The first-order chi connectivity index (χ1) is 15.1. The first-order valence-electron chi connectivity index (χ1n) is 11.7. The van der Waals surface area contributed by atoms with Crippen molar-refractivity contribution in [3.05, 3.63) is 47.5 Å². The van der Waals surface area contributed by atoms with Crippen LogP contribution in [0.2, 0.25) is 0 Å². The third kappa shape index (κ3) is 4.10. The molecule has 1 aliphatic carbocycles. The zero-order valence-electron chi connectivity index (χ0n) is 18.1. The maximum atomic E-state index is 12.9. The molecule has 1 spiro atoms. The van der Waals surface area contributed by atoms with E-state index in [4.69, 9.17) is 0 Å². The molecule has 2 fully saturated rings. The molecule has 5 rings (SSSR count). The Morgan fingerprint density at radius 2 is 1.74 bits per heavy atom. The zero-order chi connectivity index (χ0) is 21.3. The Morgan fingerprint density at radius 3 is 2.55 bits per heavy atom. The zero-order valence-corrected chi connectivity index (χ0v) is 18.1. The second-order valence-electron chi connectivity index (χ2n) is 9.49. The van der Waals surface area contributed by atoms with Gasteiger partial charge in [-0.2, -0.15) is 0 Å². The summed E-state index contributed by atoms with van der Waals surface area (Å²) in [7, 11) is 0. The summed E-state index contributed by atoms with van der Waals surface area (Å²) in [5, 5.41) is 11.8. The summed E-state index contributed by atoms with van der Waals surface area (Å²) in [5.74, 6) is 1.38. The van der Waals surface area contributed by atoms with E-state index >= 15 is 0 Å². The van der Waals surface area contributed by atoms with E-state index in [1.165, 1.54) is 19.3 Å². The molecular formula is C24H31N5O2. The summed E-state index contributed by atoms with van der Waals surface area (Å²) in [6.07, 6.45) is 9.48. The van der Waals surface area contributed by atoms with Crippen LogP contribution >= 0.6 is 0 Å². The monoisotopic (exact) mass is 421 g/mol. The topological polar surface area (TPSA) is 80.1 Å². The summed E-state index contributed by atoms with van der Waals surface area (Å²) in [5.41, 5.74) is 0.856. The minimum atomic E-state index is -0.0890. The normalized spacial score (nSPS) is 24.1. The average Bonchev–Trinajstić information content (AvgIpc) is 3.37. The third-order valence-electron chi connectivity index (χ3n) is 7.46. The lowest BCUT2D eigenvalue weighted by molar-refractivity contribution is 0.0767. The molecule has 7 nitrogen and oxygen atoms in total. The summed E-state index contributed by atoms with van der Waals surface area (Å²) in [6.45, 7) is 2.31. The van der Waals surface area contributed by atoms with E-state index in [0.29, 0.717) is 5.82 Å². The number of benzene rings is 1. The number of fused-ring (bicyclic) bond motifs is 1. The largest absolute Gasteiger partial charge is 0.347 e. The molecule has 164 valence electrons. The van der Waals surface area contributed by atoms with Gasteiger partial charge in [0.2, 0.25) is 5.82 Å². The van der Waals surface area contributed by atoms with Crippen LogP contribution in [0.4, 0.5) is 0 Å². The summed E-state index contributed by atoms with van der Waals surface area (Å²) >= 11 is 0. The fourth-order valence-electron chi connectivity index (χ4n) is 5.55. The number of hydrogen-bond acceptors (Lipinski definition) is 4. The van der Waals surface area contributed by atoms with Crippen molar-refractivity contribution in [2.24, 2.45) is 5.41 Å². The van der Waals surface area contributed by atoms with Crippen LogP contribution in [0.3, 0.4) is 0 Å². The van der Waals surface area contributed by atoms with Crippen LogP contribution < -0.4 is 5.32 Å². The third-order valence-corrected chi connectivity index (χ3v) is 7.46. The number of carbonyl (C=O) groups excluding carboxylic acids is 2. The van der Waals surface area contributed by atoms with E-state index in [0.717, 1.165) is 69.5 Å². The fourth-order valence-corrected chi connectivity index (χ4v) is 5.55. The average molecular weight is 422 g/mol. The second kappa shape index (κ2) is 8.44. The molecule has 1 saturated heterocycles. The van der Waals surface area contributed by atoms with Crippen LogP contribution in [0.25, 0.3) is 0 Å². The Bertz CT molecular complexity index is 950. The minimum Gasteiger partial charge on any atom is -0.347 e. The maximum absolute atomic E-state index is 12.9. The lowest BCUT2D eigenvalue weighted by atomic mass is 9.80. The molecule has 31 heavy (non-hydrogen) atoms. The Balaban J connectivity index is 1.25. The molecule has 1 unspecified atom stereocenters. The maximum Gasteiger partial charge on any atom is 0.289 e. The van der Waals surface area contributed by atoms with Crippen molar-refractivity contribution in [1.29, 1.82) is 0 Å². The number of aryl methyl sites for hydroxylation is 1. The number of nitrogens with zero attached hydrogens (tertiary/aromatic N) is 4. The number of hydrogen-bond donors (Lipinski definition) is 1. The smallest absolute Gasteiger partial charge is 0.289 e. The van der Waals surface area contributed by atoms with Crippen molar-refractivity contribution in [2.45, 2.75) is 70.4 Å². The van der Waals surface area contributed by atoms with Gasteiger partial charge in [-0.3, -0.25) is 9.59 Å². The van der Waals surface area contributed by atoms with Gasteiger partial charge in [0.1, 0.15) is 5.82 Å². The number of carbonyl (C=O) groups is 2. The number of rotatable bonds is 3. The van der Waals surface area contributed by atoms with Crippen LogP contribution in [0.5, 0.6) is 0 Å². The van der Waals surface area contributed by atoms with Crippen LogP contribution in [-0.2, 0) is 13.0 Å². The van der Waals surface area contributed by atoms with E-state index in [2.05, 4.69) is 15.5 Å². The molecule has 1 aromatic heterocycles. The molecule has 3 heterocycles. The summed E-state index contributed by atoms with van der Waals surface area (Å²) in [6, 6.07) is 9.80. The van der Waals surface area contributed by atoms with Crippen LogP contribution in [0.1, 0.15) is 78.2 Å². The second-order valence-corrected chi connectivity index (χ2v) is 9.49. The standard InChI is InChI=1S/C24H31N5O2/c30-22(25-19-9-5-2-6-10-19)21-27-26-20-11-12-24(14-16-29(20)21)13-15-28(17-24)23(31)18-7-3-1-4-8-18/h1,3-4,7-8,19H,2,5-6,9-17H2,(H,25,30). The van der Waals surface area contributed by atoms with Crippen molar-refractivity contribution < 1.29 is 9.59 Å². The van der Waals surface area contributed by atoms with Crippen molar-refractivity contribution >= 4 is 11.8 Å². The van der Waals surface area contributed by atoms with Gasteiger partial charge in [0.05, 0.1) is 0 Å². The fraction of sp³-hybridized carbons (Fsp3) is 0.583. The lowest BCUT2D eigenvalue weighted by Gasteiger charge is -2.27. The van der Waals surface area contributed by atoms with Gasteiger partial charge in [-0.15, -0.1) is 10.2 Å². The van der Waals surface area contributed by atoms with Crippen LogP contribution in [0, 0.1) is 5.41 Å². The molecule has 3 aliphatic rings. The Hall–Kier alpha value is -2.70. The van der Waals surface area contributed by atoms with E-state index in [-0.39, 0.29) is 23.3 Å². The molecule has 2 aliphatic heterocycles. The van der Waals surface area contributed by atoms with Gasteiger partial charge < -0.3 is 14.8 Å². The van der Waals surface area contributed by atoms with Crippen molar-refractivity contribution in [3.8, 4) is 0 Å². The van der Waals surface area contributed by atoms with Gasteiger partial charge >= 0.3 is 0 Å². The first kappa shape index (κ1) is 20.2. The highest BCUT2D eigenvalue weighted by molar-refractivity contribution is 5.94. The number of likely N-dealkylation sites (tertiary alicyclic amines) is 1. The molecular weight excluding hydrogens is 390 g/mol. The van der Waals surface area contributed by atoms with Gasteiger partial charge in [-0.05, 0) is 49.7 Å². The molecule has 1 aromatic carbocycles. The van der Waals surface area contributed by atoms with Gasteiger partial charge in [0.15, 0.2) is 0 Å². The minimum absolute atomic E-state index is 0.0890. The number of nitrogens with one attached hydrogen (secondary N) is 1. The van der Waals surface area contributed by atoms with Gasteiger partial charge in [0, 0.05) is 37.7 Å². The Labute approximate surface area is 183 Å². The number of amides is 2. The van der Waals surface area contributed by atoms with Gasteiger partial charge in [-0.25, -0.2) is 0 Å². The Kier molecular flexibility index (Phi) is 5.50. The predicted octanol–water partition coefficient (Wildman–Crippen LogP) is 3.21. The molecule has 0 radical (unpaired) electrons. The molecule has 0 bridgehead atoms. The van der Waals surface area contributed by atoms with E-state index in [1.807, 2.05) is 39.8 Å². The number of aromatic nitrogens is 3. The van der Waals surface area contributed by atoms with E-state index in [1.54, 1.807) is 0 Å². The highest BCUT2D eigenvalue weighted by atomic mass is 16.2. The molecule has 1 N–H and O–H groups in total. The molecule has 1 atom stereocenters. The molecule has 2 amide bonds. The van der Waals surface area contributed by atoms with Crippen molar-refractivity contribution in [3.63, 3.8) is 0 Å². The van der Waals surface area contributed by atoms with Crippen LogP contribution in [-0.4, -0.2) is 50.6 Å². The lowest BCUT2D eigenvalue weighted by Crippen LogP contribution is -2.37. The van der Waals surface area contributed by atoms with Gasteiger partial charge in [0.25, 0.3) is 11.8 Å². The highest BCUT2D eigenvalue weighted by Gasteiger charge is 2.41. The van der Waals surface area contributed by atoms with Gasteiger partial charge in [-0.1, -0.05) is 37.5 Å². The summed E-state index contributed by atoms with van der Waals surface area (Å²) < 4.78 is 2.02.